The first-order valence-electron chi connectivity index (χ1n) is 6.54. The summed E-state index contributed by atoms with van der Waals surface area (Å²) in [6, 6.07) is 2.85. The third-order valence-corrected chi connectivity index (χ3v) is 4.13. The van der Waals surface area contributed by atoms with Crippen molar-refractivity contribution in [1.29, 1.82) is 0 Å². The Morgan fingerprint density at radius 1 is 1.38 bits per heavy atom. The van der Waals surface area contributed by atoms with Gasteiger partial charge in [-0.05, 0) is 38.5 Å². The molecule has 0 spiro atoms. The fraction of sp³-hybridized carbons (Fsp3) is 0.769. The maximum atomic E-state index is 4.62. The van der Waals surface area contributed by atoms with Gasteiger partial charge in [0.1, 0.15) is 5.82 Å². The first-order chi connectivity index (χ1) is 7.74. The van der Waals surface area contributed by atoms with Crippen LogP contribution in [0.3, 0.4) is 0 Å². The average molecular weight is 219 g/mol. The van der Waals surface area contributed by atoms with Crippen LogP contribution in [0.15, 0.2) is 6.07 Å². The number of hydrogen-bond acceptors (Lipinski definition) is 2. The lowest BCUT2D eigenvalue weighted by atomic mass is 9.83. The predicted octanol–water partition coefficient (Wildman–Crippen LogP) is 2.90. The molecule has 3 rings (SSSR count). The Labute approximate surface area is 97.2 Å². The topological polar surface area (TPSA) is 29.9 Å². The minimum Gasteiger partial charge on any atom is -0.368 e. The Kier molecular flexibility index (Phi) is 2.41. The number of rotatable bonds is 4. The van der Waals surface area contributed by atoms with Crippen LogP contribution >= 0.6 is 0 Å². The van der Waals surface area contributed by atoms with Crippen LogP contribution in [0.1, 0.15) is 50.6 Å². The van der Waals surface area contributed by atoms with E-state index in [4.69, 9.17) is 0 Å². The van der Waals surface area contributed by atoms with Crippen molar-refractivity contribution in [3.63, 3.8) is 0 Å². The van der Waals surface area contributed by atoms with Crippen molar-refractivity contribution in [3.8, 4) is 0 Å². The van der Waals surface area contributed by atoms with Crippen LogP contribution < -0.4 is 5.32 Å². The van der Waals surface area contributed by atoms with Gasteiger partial charge in [0, 0.05) is 25.1 Å². The lowest BCUT2D eigenvalue weighted by Gasteiger charge is -2.22. The highest BCUT2D eigenvalue weighted by Gasteiger charge is 2.29. The largest absolute Gasteiger partial charge is 0.368 e. The van der Waals surface area contributed by atoms with Crippen molar-refractivity contribution in [2.75, 3.05) is 5.32 Å². The Morgan fingerprint density at radius 2 is 2.12 bits per heavy atom. The molecule has 1 N–H and O–H groups in total. The summed E-state index contributed by atoms with van der Waals surface area (Å²) in [6.07, 6.45) is 6.81. The van der Waals surface area contributed by atoms with Crippen molar-refractivity contribution in [1.82, 2.24) is 9.78 Å². The van der Waals surface area contributed by atoms with Gasteiger partial charge in [-0.1, -0.05) is 6.42 Å². The van der Waals surface area contributed by atoms with Crippen molar-refractivity contribution in [2.45, 2.75) is 51.0 Å². The number of nitrogens with one attached hydrogen (secondary N) is 1. The minimum atomic E-state index is 0.602. The molecule has 1 aromatic heterocycles. The van der Waals surface area contributed by atoms with Crippen LogP contribution in [0.25, 0.3) is 0 Å². The molecule has 0 aromatic carbocycles. The van der Waals surface area contributed by atoms with Crippen LogP contribution in [0.4, 0.5) is 5.82 Å². The van der Waals surface area contributed by atoms with Crippen LogP contribution in [0, 0.1) is 5.92 Å². The standard InChI is InChI=1S/C13H21N3/c1-9(10-6-7-10)14-13-8-12(15-16(13)2)11-4-3-5-11/h8-11,14H,3-7H2,1-2H3. The zero-order valence-electron chi connectivity index (χ0n) is 10.2. The quantitative estimate of drug-likeness (QED) is 0.844. The highest BCUT2D eigenvalue weighted by Crippen LogP contribution is 2.37. The normalized spacial score (nSPS) is 22.9. The molecule has 1 atom stereocenters. The third kappa shape index (κ3) is 1.83. The maximum absolute atomic E-state index is 4.62. The molecule has 2 saturated carbocycles. The summed E-state index contributed by atoms with van der Waals surface area (Å²) < 4.78 is 2.01. The Balaban J connectivity index is 1.70. The molecule has 0 saturated heterocycles. The lowest BCUT2D eigenvalue weighted by Crippen LogP contribution is -2.19. The zero-order chi connectivity index (χ0) is 11.1. The van der Waals surface area contributed by atoms with E-state index in [0.717, 1.165) is 11.8 Å². The van der Waals surface area contributed by atoms with Crippen molar-refractivity contribution in [2.24, 2.45) is 13.0 Å². The summed E-state index contributed by atoms with van der Waals surface area (Å²) in [5.41, 5.74) is 1.29. The van der Waals surface area contributed by atoms with Crippen molar-refractivity contribution >= 4 is 5.82 Å². The molecule has 2 fully saturated rings. The van der Waals surface area contributed by atoms with Crippen molar-refractivity contribution in [3.05, 3.63) is 11.8 Å². The van der Waals surface area contributed by atoms with Gasteiger partial charge in [0.15, 0.2) is 0 Å². The van der Waals surface area contributed by atoms with Crippen LogP contribution in [-0.4, -0.2) is 15.8 Å². The maximum Gasteiger partial charge on any atom is 0.124 e. The summed E-state index contributed by atoms with van der Waals surface area (Å²) in [5, 5.41) is 8.22. The van der Waals surface area contributed by atoms with Gasteiger partial charge in [0.05, 0.1) is 5.69 Å². The molecule has 0 bridgehead atoms. The van der Waals surface area contributed by atoms with E-state index in [1.807, 2.05) is 11.7 Å². The van der Waals surface area contributed by atoms with Crippen LogP contribution in [0.2, 0.25) is 0 Å². The fourth-order valence-corrected chi connectivity index (χ4v) is 2.48. The highest BCUT2D eigenvalue weighted by atomic mass is 15.3. The molecule has 1 aromatic rings. The second-order valence-electron chi connectivity index (χ2n) is 5.48. The van der Waals surface area contributed by atoms with E-state index in [0.29, 0.717) is 6.04 Å². The Morgan fingerprint density at radius 3 is 2.69 bits per heavy atom. The molecule has 0 radical (unpaired) electrons. The molecule has 3 nitrogen and oxygen atoms in total. The van der Waals surface area contributed by atoms with Gasteiger partial charge >= 0.3 is 0 Å². The molecule has 0 amide bonds. The number of aryl methyl sites for hydroxylation is 1. The summed E-state index contributed by atoms with van der Waals surface area (Å²) in [7, 11) is 2.05. The molecular formula is C13H21N3. The SMILES string of the molecule is CC(Nc1cc(C2CCC2)nn1C)C1CC1. The molecule has 1 unspecified atom stereocenters. The first kappa shape index (κ1) is 10.2. The predicted molar refractivity (Wildman–Crippen MR) is 65.6 cm³/mol. The van der Waals surface area contributed by atoms with Gasteiger partial charge in [0.2, 0.25) is 0 Å². The van der Waals surface area contributed by atoms with Gasteiger partial charge in [-0.15, -0.1) is 0 Å². The molecule has 3 heteroatoms. The van der Waals surface area contributed by atoms with Gasteiger partial charge in [-0.25, -0.2) is 0 Å². The molecule has 0 aliphatic heterocycles. The van der Waals surface area contributed by atoms with E-state index >= 15 is 0 Å². The number of hydrogen-bond donors (Lipinski definition) is 1. The average Bonchev–Trinajstić information content (AvgIpc) is 2.92. The number of nitrogens with zero attached hydrogens (tertiary/aromatic N) is 2. The summed E-state index contributed by atoms with van der Waals surface area (Å²) in [6.45, 7) is 2.29. The molecule has 1 heterocycles. The van der Waals surface area contributed by atoms with E-state index in [9.17, 15) is 0 Å². The minimum absolute atomic E-state index is 0.602. The van der Waals surface area contributed by atoms with E-state index < -0.39 is 0 Å². The molecule has 2 aliphatic carbocycles. The first-order valence-corrected chi connectivity index (χ1v) is 6.54. The monoisotopic (exact) mass is 219 g/mol. The summed E-state index contributed by atoms with van der Waals surface area (Å²) >= 11 is 0. The van der Waals surface area contributed by atoms with Crippen LogP contribution in [0.5, 0.6) is 0 Å². The summed E-state index contributed by atoms with van der Waals surface area (Å²) in [5.74, 6) is 2.82. The van der Waals surface area contributed by atoms with E-state index in [2.05, 4.69) is 23.4 Å². The van der Waals surface area contributed by atoms with Gasteiger partial charge in [-0.2, -0.15) is 5.10 Å². The Bertz CT molecular complexity index is 375. The Hall–Kier alpha value is -0.990. The highest BCUT2D eigenvalue weighted by molar-refractivity contribution is 5.39. The number of anilines is 1. The van der Waals surface area contributed by atoms with Crippen molar-refractivity contribution < 1.29 is 0 Å². The molecule has 16 heavy (non-hydrogen) atoms. The second kappa shape index (κ2) is 3.79. The van der Waals surface area contributed by atoms with Gasteiger partial charge in [0.25, 0.3) is 0 Å². The van der Waals surface area contributed by atoms with Gasteiger partial charge in [-0.3, -0.25) is 4.68 Å². The fourth-order valence-electron chi connectivity index (χ4n) is 2.48. The molecule has 2 aliphatic rings. The second-order valence-corrected chi connectivity index (χ2v) is 5.48. The van der Waals surface area contributed by atoms with E-state index in [1.54, 1.807) is 0 Å². The lowest BCUT2D eigenvalue weighted by molar-refractivity contribution is 0.408. The number of aromatic nitrogens is 2. The third-order valence-electron chi connectivity index (χ3n) is 4.13. The molecule has 88 valence electrons. The summed E-state index contributed by atoms with van der Waals surface area (Å²) in [4.78, 5) is 0. The van der Waals surface area contributed by atoms with E-state index in [1.165, 1.54) is 43.6 Å². The molecular weight excluding hydrogens is 198 g/mol. The smallest absolute Gasteiger partial charge is 0.124 e. The van der Waals surface area contributed by atoms with Crippen LogP contribution in [-0.2, 0) is 7.05 Å². The zero-order valence-corrected chi connectivity index (χ0v) is 10.2. The van der Waals surface area contributed by atoms with E-state index in [-0.39, 0.29) is 0 Å². The van der Waals surface area contributed by atoms with Gasteiger partial charge < -0.3 is 5.32 Å².